The molecule has 1 atom stereocenters. The molecule has 1 aliphatic carbocycles. The molecule has 2 nitrogen and oxygen atoms in total. The summed E-state index contributed by atoms with van der Waals surface area (Å²) in [6.45, 7) is 1.99. The summed E-state index contributed by atoms with van der Waals surface area (Å²) in [6, 6.07) is 7.93. The first-order valence-electron chi connectivity index (χ1n) is 5.29. The second-order valence-electron chi connectivity index (χ2n) is 4.42. The number of carbonyl (C=O) groups is 1. The number of allylic oxidation sites excluding steroid dienone is 2. The quantitative estimate of drug-likeness (QED) is 0.859. The van der Waals surface area contributed by atoms with Gasteiger partial charge in [0.25, 0.3) is 0 Å². The summed E-state index contributed by atoms with van der Waals surface area (Å²) < 4.78 is 1.03. The zero-order valence-electron chi connectivity index (χ0n) is 9.16. The molecule has 3 heteroatoms. The Morgan fingerprint density at radius 1 is 1.31 bits per heavy atom. The van der Waals surface area contributed by atoms with E-state index in [-0.39, 0.29) is 5.78 Å². The zero-order valence-corrected chi connectivity index (χ0v) is 10.8. The number of hydrogen-bond acceptors (Lipinski definition) is 2. The second-order valence-corrected chi connectivity index (χ2v) is 5.34. The Morgan fingerprint density at radius 2 is 1.94 bits per heavy atom. The van der Waals surface area contributed by atoms with Crippen molar-refractivity contribution in [1.29, 1.82) is 0 Å². The van der Waals surface area contributed by atoms with Crippen LogP contribution in [0, 0.1) is 0 Å². The summed E-state index contributed by atoms with van der Waals surface area (Å²) in [6.07, 6.45) is 3.15. The lowest BCUT2D eigenvalue weighted by molar-refractivity contribution is -0.120. The Labute approximate surface area is 104 Å². The fourth-order valence-corrected chi connectivity index (χ4v) is 2.29. The standard InChI is InChI=1S/C13H14BrNO/c1-13(7-6-11(15)8-12(13)16)9-2-4-10(14)5-3-9/h2-5,8H,6-7,15H2,1H3. The minimum atomic E-state index is -0.413. The van der Waals surface area contributed by atoms with E-state index in [9.17, 15) is 4.79 Å². The first kappa shape index (κ1) is 11.4. The van der Waals surface area contributed by atoms with Crippen LogP contribution in [0.15, 0.2) is 40.5 Å². The average Bonchev–Trinajstić information content (AvgIpc) is 2.25. The molecule has 0 amide bonds. The predicted octanol–water partition coefficient (Wildman–Crippen LogP) is 2.91. The zero-order chi connectivity index (χ0) is 11.8. The normalized spacial score (nSPS) is 25.4. The fraction of sp³-hybridized carbons (Fsp3) is 0.308. The lowest BCUT2D eigenvalue weighted by atomic mass is 9.72. The number of rotatable bonds is 1. The van der Waals surface area contributed by atoms with E-state index in [4.69, 9.17) is 5.73 Å². The third-order valence-electron chi connectivity index (χ3n) is 3.26. The van der Waals surface area contributed by atoms with Gasteiger partial charge in [0.1, 0.15) is 0 Å². The number of nitrogens with two attached hydrogens (primary N) is 1. The molecule has 0 bridgehead atoms. The molecule has 2 rings (SSSR count). The molecule has 0 fully saturated rings. The minimum Gasteiger partial charge on any atom is -0.402 e. The molecular formula is C13H14BrNO. The Balaban J connectivity index is 2.40. The first-order chi connectivity index (χ1) is 7.52. The fourth-order valence-electron chi connectivity index (χ4n) is 2.02. The van der Waals surface area contributed by atoms with Crippen LogP contribution in [-0.4, -0.2) is 5.78 Å². The molecule has 0 aliphatic heterocycles. The van der Waals surface area contributed by atoms with Crippen LogP contribution >= 0.6 is 15.9 Å². The molecule has 0 heterocycles. The van der Waals surface area contributed by atoms with Crippen molar-refractivity contribution >= 4 is 21.7 Å². The van der Waals surface area contributed by atoms with Gasteiger partial charge in [-0.3, -0.25) is 4.79 Å². The molecule has 1 unspecified atom stereocenters. The van der Waals surface area contributed by atoms with E-state index in [1.165, 1.54) is 0 Å². The highest BCUT2D eigenvalue weighted by Crippen LogP contribution is 2.35. The van der Waals surface area contributed by atoms with Gasteiger partial charge < -0.3 is 5.73 Å². The van der Waals surface area contributed by atoms with Crippen molar-refractivity contribution in [1.82, 2.24) is 0 Å². The van der Waals surface area contributed by atoms with E-state index >= 15 is 0 Å². The van der Waals surface area contributed by atoms with Gasteiger partial charge in [-0.15, -0.1) is 0 Å². The number of halogens is 1. The SMILES string of the molecule is CC1(c2ccc(Br)cc2)CCC(N)=CC1=O. The van der Waals surface area contributed by atoms with Crippen molar-refractivity contribution in [3.63, 3.8) is 0 Å². The van der Waals surface area contributed by atoms with Crippen LogP contribution in [-0.2, 0) is 10.2 Å². The van der Waals surface area contributed by atoms with E-state index in [0.29, 0.717) is 5.70 Å². The van der Waals surface area contributed by atoms with Crippen LogP contribution in [0.2, 0.25) is 0 Å². The highest BCUT2D eigenvalue weighted by Gasteiger charge is 2.35. The van der Waals surface area contributed by atoms with Crippen LogP contribution in [0.4, 0.5) is 0 Å². The third-order valence-corrected chi connectivity index (χ3v) is 3.78. The van der Waals surface area contributed by atoms with E-state index in [0.717, 1.165) is 22.9 Å². The maximum atomic E-state index is 12.0. The maximum absolute atomic E-state index is 12.0. The molecule has 1 aliphatic rings. The number of benzene rings is 1. The van der Waals surface area contributed by atoms with E-state index in [2.05, 4.69) is 15.9 Å². The molecule has 0 spiro atoms. The molecule has 0 radical (unpaired) electrons. The molecule has 16 heavy (non-hydrogen) atoms. The summed E-state index contributed by atoms with van der Waals surface area (Å²) in [5, 5.41) is 0. The predicted molar refractivity (Wildman–Crippen MR) is 68.0 cm³/mol. The van der Waals surface area contributed by atoms with Crippen molar-refractivity contribution in [2.45, 2.75) is 25.2 Å². The summed E-state index contributed by atoms with van der Waals surface area (Å²) >= 11 is 3.39. The van der Waals surface area contributed by atoms with Gasteiger partial charge in [-0.25, -0.2) is 0 Å². The van der Waals surface area contributed by atoms with Crippen molar-refractivity contribution < 1.29 is 4.79 Å². The molecule has 0 saturated heterocycles. The van der Waals surface area contributed by atoms with E-state index < -0.39 is 5.41 Å². The van der Waals surface area contributed by atoms with E-state index in [1.807, 2.05) is 31.2 Å². The average molecular weight is 280 g/mol. The summed E-state index contributed by atoms with van der Waals surface area (Å²) in [5.74, 6) is 0.110. The topological polar surface area (TPSA) is 43.1 Å². The molecule has 84 valence electrons. The van der Waals surface area contributed by atoms with Crippen molar-refractivity contribution in [3.05, 3.63) is 46.1 Å². The van der Waals surface area contributed by atoms with Crippen LogP contribution < -0.4 is 5.73 Å². The highest BCUT2D eigenvalue weighted by molar-refractivity contribution is 9.10. The summed E-state index contributed by atoms with van der Waals surface area (Å²) in [7, 11) is 0. The van der Waals surface area contributed by atoms with Gasteiger partial charge in [0.2, 0.25) is 0 Å². The van der Waals surface area contributed by atoms with Crippen LogP contribution in [0.25, 0.3) is 0 Å². The molecule has 1 aromatic carbocycles. The van der Waals surface area contributed by atoms with Gasteiger partial charge in [-0.05, 0) is 37.5 Å². The van der Waals surface area contributed by atoms with Gasteiger partial charge >= 0.3 is 0 Å². The van der Waals surface area contributed by atoms with Gasteiger partial charge in [0.05, 0.1) is 5.41 Å². The first-order valence-corrected chi connectivity index (χ1v) is 6.08. The minimum absolute atomic E-state index is 0.110. The van der Waals surface area contributed by atoms with Crippen LogP contribution in [0.5, 0.6) is 0 Å². The number of hydrogen-bond donors (Lipinski definition) is 1. The second kappa shape index (κ2) is 4.06. The van der Waals surface area contributed by atoms with Crippen molar-refractivity contribution in [2.75, 3.05) is 0 Å². The number of carbonyl (C=O) groups excluding carboxylic acids is 1. The molecule has 0 aromatic heterocycles. The van der Waals surface area contributed by atoms with E-state index in [1.54, 1.807) is 6.08 Å². The Hall–Kier alpha value is -1.09. The smallest absolute Gasteiger partial charge is 0.167 e. The third kappa shape index (κ3) is 1.92. The lowest BCUT2D eigenvalue weighted by Crippen LogP contribution is -2.35. The maximum Gasteiger partial charge on any atom is 0.167 e. The largest absolute Gasteiger partial charge is 0.402 e. The Morgan fingerprint density at radius 3 is 2.50 bits per heavy atom. The highest BCUT2D eigenvalue weighted by atomic mass is 79.9. The summed E-state index contributed by atoms with van der Waals surface area (Å²) in [5.41, 5.74) is 7.02. The van der Waals surface area contributed by atoms with Crippen molar-refractivity contribution in [3.8, 4) is 0 Å². The summed E-state index contributed by atoms with van der Waals surface area (Å²) in [4.78, 5) is 12.0. The van der Waals surface area contributed by atoms with Crippen molar-refractivity contribution in [2.24, 2.45) is 5.73 Å². The molecule has 2 N–H and O–H groups in total. The number of ketones is 1. The van der Waals surface area contributed by atoms with Gasteiger partial charge in [-0.2, -0.15) is 0 Å². The molecule has 1 aromatic rings. The van der Waals surface area contributed by atoms with Gasteiger partial charge in [0, 0.05) is 16.2 Å². The Bertz CT molecular complexity index is 450. The monoisotopic (exact) mass is 279 g/mol. The van der Waals surface area contributed by atoms with Gasteiger partial charge in [-0.1, -0.05) is 28.1 Å². The molecular weight excluding hydrogens is 266 g/mol. The Kier molecular flexibility index (Phi) is 2.89. The molecule has 0 saturated carbocycles. The van der Waals surface area contributed by atoms with Crippen LogP contribution in [0.3, 0.4) is 0 Å². The van der Waals surface area contributed by atoms with Gasteiger partial charge in [0.15, 0.2) is 5.78 Å². The van der Waals surface area contributed by atoms with Crippen LogP contribution in [0.1, 0.15) is 25.3 Å². The lowest BCUT2D eigenvalue weighted by Gasteiger charge is -2.31.